The maximum absolute atomic E-state index is 11.3. The number of hydrogen-bond acceptors (Lipinski definition) is 5. The Kier molecular flexibility index (Phi) is 3.89. The molecule has 0 aliphatic carbocycles. The molecule has 6 heteroatoms. The van der Waals surface area contributed by atoms with Gasteiger partial charge < -0.3 is 15.2 Å². The Morgan fingerprint density at radius 2 is 2.22 bits per heavy atom. The Labute approximate surface area is 107 Å². The van der Waals surface area contributed by atoms with Crippen LogP contribution in [-0.4, -0.2) is 44.3 Å². The molecule has 0 bridgehead atoms. The van der Waals surface area contributed by atoms with E-state index in [4.69, 9.17) is 4.74 Å². The molecular formula is C12H17NO4S. The summed E-state index contributed by atoms with van der Waals surface area (Å²) in [5, 5.41) is 12.7. The van der Waals surface area contributed by atoms with Crippen LogP contribution in [0.15, 0.2) is 24.3 Å². The van der Waals surface area contributed by atoms with Crippen molar-refractivity contribution in [3.63, 3.8) is 0 Å². The summed E-state index contributed by atoms with van der Waals surface area (Å²) in [4.78, 5) is 0. The number of nitrogens with one attached hydrogen (secondary N) is 1. The molecule has 1 heterocycles. The second kappa shape index (κ2) is 5.26. The first-order valence-corrected chi connectivity index (χ1v) is 7.57. The van der Waals surface area contributed by atoms with Gasteiger partial charge in [0.2, 0.25) is 0 Å². The van der Waals surface area contributed by atoms with Gasteiger partial charge in [-0.05, 0) is 17.7 Å². The zero-order valence-electron chi connectivity index (χ0n) is 10.2. The lowest BCUT2D eigenvalue weighted by molar-refractivity contribution is 0.165. The maximum atomic E-state index is 11.3. The average molecular weight is 271 g/mol. The van der Waals surface area contributed by atoms with Crippen molar-refractivity contribution < 1.29 is 18.3 Å². The molecule has 5 nitrogen and oxygen atoms in total. The smallest absolute Gasteiger partial charge is 0.154 e. The standard InChI is InChI=1S/C12H17NO4S/c1-17-10-4-2-3-9(5-10)6-13-11-7-18(15,16)8-12(11)14/h2-5,11-14H,6-8H2,1H3/t11-,12+/m1/s1. The largest absolute Gasteiger partial charge is 0.497 e. The molecule has 2 atom stereocenters. The molecule has 0 spiro atoms. The SMILES string of the molecule is COc1cccc(CN[C@@H]2CS(=O)(=O)C[C@@H]2O)c1. The number of ether oxygens (including phenoxy) is 1. The van der Waals surface area contributed by atoms with Crippen molar-refractivity contribution in [2.45, 2.75) is 18.7 Å². The number of aliphatic hydroxyl groups is 1. The van der Waals surface area contributed by atoms with Crippen LogP contribution >= 0.6 is 0 Å². The first-order valence-electron chi connectivity index (χ1n) is 5.75. The molecule has 0 amide bonds. The Balaban J connectivity index is 1.95. The van der Waals surface area contributed by atoms with Crippen molar-refractivity contribution in [1.82, 2.24) is 5.32 Å². The van der Waals surface area contributed by atoms with E-state index >= 15 is 0 Å². The van der Waals surface area contributed by atoms with Gasteiger partial charge in [-0.15, -0.1) is 0 Å². The van der Waals surface area contributed by atoms with E-state index in [0.29, 0.717) is 6.54 Å². The van der Waals surface area contributed by atoms with Gasteiger partial charge in [0.1, 0.15) is 5.75 Å². The van der Waals surface area contributed by atoms with Gasteiger partial charge in [0.25, 0.3) is 0 Å². The van der Waals surface area contributed by atoms with E-state index in [0.717, 1.165) is 11.3 Å². The fourth-order valence-corrected chi connectivity index (χ4v) is 3.83. The Bertz CT molecular complexity index is 515. The molecule has 0 aromatic heterocycles. The van der Waals surface area contributed by atoms with Crippen molar-refractivity contribution in [2.24, 2.45) is 0 Å². The van der Waals surface area contributed by atoms with Crippen molar-refractivity contribution in [1.29, 1.82) is 0 Å². The third kappa shape index (κ3) is 3.22. The molecule has 18 heavy (non-hydrogen) atoms. The van der Waals surface area contributed by atoms with Gasteiger partial charge >= 0.3 is 0 Å². The van der Waals surface area contributed by atoms with Crippen LogP contribution in [0.5, 0.6) is 5.75 Å². The monoisotopic (exact) mass is 271 g/mol. The van der Waals surface area contributed by atoms with E-state index in [1.54, 1.807) is 7.11 Å². The van der Waals surface area contributed by atoms with Crippen LogP contribution < -0.4 is 10.1 Å². The van der Waals surface area contributed by atoms with Gasteiger partial charge in [-0.1, -0.05) is 12.1 Å². The minimum atomic E-state index is -3.10. The molecule has 1 aromatic rings. The van der Waals surface area contributed by atoms with Crippen LogP contribution in [0.3, 0.4) is 0 Å². The molecule has 0 radical (unpaired) electrons. The minimum absolute atomic E-state index is 0.00185. The molecule has 2 N–H and O–H groups in total. The quantitative estimate of drug-likeness (QED) is 0.802. The Hall–Kier alpha value is -1.11. The molecule has 0 unspecified atom stereocenters. The van der Waals surface area contributed by atoms with Crippen LogP contribution in [-0.2, 0) is 16.4 Å². The summed E-state index contributed by atoms with van der Waals surface area (Å²) < 4.78 is 27.8. The van der Waals surface area contributed by atoms with Crippen molar-refractivity contribution in [3.05, 3.63) is 29.8 Å². The molecule has 1 aromatic carbocycles. The molecule has 0 saturated carbocycles. The highest BCUT2D eigenvalue weighted by Crippen LogP contribution is 2.15. The molecular weight excluding hydrogens is 254 g/mol. The zero-order chi connectivity index (χ0) is 13.2. The molecule has 1 aliphatic heterocycles. The normalized spacial score (nSPS) is 26.1. The van der Waals surface area contributed by atoms with Crippen LogP contribution in [0.1, 0.15) is 5.56 Å². The first kappa shape index (κ1) is 13.3. The number of rotatable bonds is 4. The molecule has 1 aliphatic rings. The van der Waals surface area contributed by atoms with E-state index in [1.165, 1.54) is 0 Å². The van der Waals surface area contributed by atoms with Gasteiger partial charge in [0, 0.05) is 12.6 Å². The number of sulfone groups is 1. The van der Waals surface area contributed by atoms with Gasteiger partial charge in [-0.3, -0.25) is 0 Å². The van der Waals surface area contributed by atoms with Gasteiger partial charge in [0.05, 0.1) is 24.7 Å². The second-order valence-electron chi connectivity index (χ2n) is 4.48. The lowest BCUT2D eigenvalue weighted by atomic mass is 10.1. The van der Waals surface area contributed by atoms with E-state index in [9.17, 15) is 13.5 Å². The summed E-state index contributed by atoms with van der Waals surface area (Å²) in [6, 6.07) is 7.13. The molecule has 100 valence electrons. The lowest BCUT2D eigenvalue weighted by Crippen LogP contribution is -2.38. The minimum Gasteiger partial charge on any atom is -0.497 e. The number of benzene rings is 1. The van der Waals surface area contributed by atoms with Gasteiger partial charge in [-0.2, -0.15) is 0 Å². The maximum Gasteiger partial charge on any atom is 0.154 e. The second-order valence-corrected chi connectivity index (χ2v) is 6.64. The van der Waals surface area contributed by atoms with E-state index in [2.05, 4.69) is 5.32 Å². The third-order valence-corrected chi connectivity index (χ3v) is 4.74. The van der Waals surface area contributed by atoms with E-state index < -0.39 is 15.9 Å². The van der Waals surface area contributed by atoms with E-state index in [1.807, 2.05) is 24.3 Å². The van der Waals surface area contributed by atoms with Crippen molar-refractivity contribution >= 4 is 9.84 Å². The fraction of sp³-hybridized carbons (Fsp3) is 0.500. The highest BCUT2D eigenvalue weighted by molar-refractivity contribution is 7.91. The van der Waals surface area contributed by atoms with Crippen LogP contribution in [0.2, 0.25) is 0 Å². The topological polar surface area (TPSA) is 75.6 Å². The molecule has 1 fully saturated rings. The van der Waals surface area contributed by atoms with Crippen LogP contribution in [0, 0.1) is 0 Å². The van der Waals surface area contributed by atoms with E-state index in [-0.39, 0.29) is 17.5 Å². The highest BCUT2D eigenvalue weighted by atomic mass is 32.2. The zero-order valence-corrected chi connectivity index (χ0v) is 11.0. The number of methoxy groups -OCH3 is 1. The number of aliphatic hydroxyl groups excluding tert-OH is 1. The molecule has 1 saturated heterocycles. The van der Waals surface area contributed by atoms with Crippen LogP contribution in [0.25, 0.3) is 0 Å². The first-order chi connectivity index (χ1) is 8.50. The van der Waals surface area contributed by atoms with Crippen LogP contribution in [0.4, 0.5) is 0 Å². The Morgan fingerprint density at radius 1 is 1.44 bits per heavy atom. The predicted molar refractivity (Wildman–Crippen MR) is 68.3 cm³/mol. The predicted octanol–water partition coefficient (Wildman–Crippen LogP) is -0.0573. The third-order valence-electron chi connectivity index (χ3n) is 3.03. The summed E-state index contributed by atoms with van der Waals surface area (Å²) in [5.74, 6) is 0.606. The van der Waals surface area contributed by atoms with Crippen molar-refractivity contribution in [3.8, 4) is 5.75 Å². The molecule has 2 rings (SSSR count). The lowest BCUT2D eigenvalue weighted by Gasteiger charge is -2.15. The fourth-order valence-electron chi connectivity index (χ4n) is 2.06. The summed E-state index contributed by atoms with van der Waals surface area (Å²) in [6.07, 6.45) is -0.819. The van der Waals surface area contributed by atoms with Crippen molar-refractivity contribution in [2.75, 3.05) is 18.6 Å². The summed E-state index contributed by atoms with van der Waals surface area (Å²) in [7, 11) is -1.50. The summed E-state index contributed by atoms with van der Waals surface area (Å²) >= 11 is 0. The average Bonchev–Trinajstić information content (AvgIpc) is 2.60. The van der Waals surface area contributed by atoms with Gasteiger partial charge in [-0.25, -0.2) is 8.42 Å². The summed E-state index contributed by atoms with van der Waals surface area (Å²) in [6.45, 7) is 0.508. The summed E-state index contributed by atoms with van der Waals surface area (Å²) in [5.41, 5.74) is 0.992. The van der Waals surface area contributed by atoms with Gasteiger partial charge in [0.15, 0.2) is 9.84 Å². The Morgan fingerprint density at radius 3 is 2.83 bits per heavy atom. The number of hydrogen-bond donors (Lipinski definition) is 2. The highest BCUT2D eigenvalue weighted by Gasteiger charge is 2.35.